The number of hydrogen-bond donors (Lipinski definition) is 1. The van der Waals surface area contributed by atoms with Gasteiger partial charge in [0.15, 0.2) is 11.5 Å². The fraction of sp³-hybridized carbons (Fsp3) is 0.263. The summed E-state index contributed by atoms with van der Waals surface area (Å²) in [6, 6.07) is 8.95. The molecule has 0 heterocycles. The summed E-state index contributed by atoms with van der Waals surface area (Å²) in [7, 11) is 0.144. The Labute approximate surface area is 179 Å². The van der Waals surface area contributed by atoms with Gasteiger partial charge in [-0.15, -0.1) is 0 Å². The van der Waals surface area contributed by atoms with Gasteiger partial charge in [-0.1, -0.05) is 23.7 Å². The van der Waals surface area contributed by atoms with E-state index in [9.17, 15) is 18.0 Å². The smallest absolute Gasteiger partial charge is 0.340 e. The number of carbonyl (C=O) groups excluding carboxylic acids is 2. The molecule has 1 amide bonds. The van der Waals surface area contributed by atoms with Crippen molar-refractivity contribution in [1.29, 1.82) is 0 Å². The van der Waals surface area contributed by atoms with Crippen LogP contribution in [-0.4, -0.2) is 54.4 Å². The number of esters is 1. The van der Waals surface area contributed by atoms with Crippen LogP contribution in [0.4, 0.5) is 11.4 Å². The summed E-state index contributed by atoms with van der Waals surface area (Å²) in [5, 5.41) is 2.68. The van der Waals surface area contributed by atoms with Gasteiger partial charge in [-0.2, -0.15) is 0 Å². The molecule has 0 spiro atoms. The highest BCUT2D eigenvalue weighted by Gasteiger charge is 2.25. The monoisotopic (exact) mass is 456 g/mol. The van der Waals surface area contributed by atoms with Crippen LogP contribution in [0.15, 0.2) is 36.4 Å². The number of anilines is 2. The molecule has 0 bridgehead atoms. The summed E-state index contributed by atoms with van der Waals surface area (Å²) in [6.45, 7) is -0.572. The third-order valence-corrected chi connectivity index (χ3v) is 5.46. The van der Waals surface area contributed by atoms with Crippen molar-refractivity contribution < 1.29 is 32.2 Å². The fourth-order valence-electron chi connectivity index (χ4n) is 2.62. The lowest BCUT2D eigenvalue weighted by Gasteiger charge is -2.23. The number of hydrogen-bond acceptors (Lipinski definition) is 7. The maximum atomic E-state index is 12.7. The number of nitrogens with zero attached hydrogens (tertiary/aromatic N) is 1. The first kappa shape index (κ1) is 23.3. The zero-order chi connectivity index (χ0) is 22.5. The van der Waals surface area contributed by atoms with Crippen molar-refractivity contribution in [3.8, 4) is 11.5 Å². The van der Waals surface area contributed by atoms with E-state index in [2.05, 4.69) is 5.32 Å². The number of methoxy groups -OCH3 is 3. The first-order valence-corrected chi connectivity index (χ1v) is 10.7. The Bertz CT molecular complexity index is 1060. The molecule has 2 aromatic rings. The molecule has 0 atom stereocenters. The van der Waals surface area contributed by atoms with Gasteiger partial charge >= 0.3 is 5.97 Å². The molecule has 0 aliphatic carbocycles. The predicted molar refractivity (Wildman–Crippen MR) is 113 cm³/mol. The van der Waals surface area contributed by atoms with Gasteiger partial charge in [0, 0.05) is 12.1 Å². The van der Waals surface area contributed by atoms with Gasteiger partial charge in [-0.25, -0.2) is 13.2 Å². The summed E-state index contributed by atoms with van der Waals surface area (Å²) in [5.41, 5.74) is 0.224. The van der Waals surface area contributed by atoms with Crippen molar-refractivity contribution in [2.45, 2.75) is 0 Å². The lowest BCUT2D eigenvalue weighted by Crippen LogP contribution is -2.37. The van der Waals surface area contributed by atoms with Crippen LogP contribution >= 0.6 is 11.6 Å². The van der Waals surface area contributed by atoms with Crippen LogP contribution in [-0.2, 0) is 19.6 Å². The van der Waals surface area contributed by atoms with E-state index in [1.165, 1.54) is 45.6 Å². The van der Waals surface area contributed by atoms with Gasteiger partial charge in [0.2, 0.25) is 15.9 Å². The van der Waals surface area contributed by atoms with Crippen molar-refractivity contribution in [1.82, 2.24) is 0 Å². The van der Waals surface area contributed by atoms with E-state index in [0.29, 0.717) is 0 Å². The lowest BCUT2D eigenvalue weighted by molar-refractivity contribution is -0.114. The second kappa shape index (κ2) is 9.68. The van der Waals surface area contributed by atoms with Crippen LogP contribution in [0.25, 0.3) is 0 Å². The average molecular weight is 457 g/mol. The van der Waals surface area contributed by atoms with Gasteiger partial charge < -0.3 is 19.5 Å². The third kappa shape index (κ3) is 5.33. The van der Waals surface area contributed by atoms with Gasteiger partial charge in [-0.05, 0) is 12.1 Å². The first-order chi connectivity index (χ1) is 14.1. The maximum absolute atomic E-state index is 12.7. The highest BCUT2D eigenvalue weighted by Crippen LogP contribution is 2.34. The van der Waals surface area contributed by atoms with Crippen molar-refractivity contribution in [2.24, 2.45) is 0 Å². The number of rotatable bonds is 8. The molecule has 2 aromatic carbocycles. The Morgan fingerprint density at radius 2 is 1.67 bits per heavy atom. The minimum atomic E-state index is -3.83. The van der Waals surface area contributed by atoms with E-state index in [0.717, 1.165) is 10.6 Å². The van der Waals surface area contributed by atoms with Crippen LogP contribution < -0.4 is 19.1 Å². The van der Waals surface area contributed by atoms with E-state index in [1.807, 2.05) is 0 Å². The molecule has 0 saturated carbocycles. The summed E-state index contributed by atoms with van der Waals surface area (Å²) in [4.78, 5) is 24.8. The van der Waals surface area contributed by atoms with Crippen LogP contribution in [0.5, 0.6) is 11.5 Å². The standard InChI is InChI=1S/C19H21ClN2O7S/c1-27-16-9-12(19(24)29-3)14(10-17(16)28-2)21-18(23)11-22(30(4,25)26)15-8-6-5-7-13(15)20/h5-10H,11H2,1-4H3,(H,21,23). The van der Waals surface area contributed by atoms with E-state index in [4.69, 9.17) is 25.8 Å². The Morgan fingerprint density at radius 1 is 1.07 bits per heavy atom. The molecule has 1 N–H and O–H groups in total. The number of benzene rings is 2. The highest BCUT2D eigenvalue weighted by molar-refractivity contribution is 7.92. The maximum Gasteiger partial charge on any atom is 0.340 e. The average Bonchev–Trinajstić information content (AvgIpc) is 2.70. The normalized spacial score (nSPS) is 10.8. The molecule has 9 nitrogen and oxygen atoms in total. The number of nitrogens with one attached hydrogen (secondary N) is 1. The molecular weight excluding hydrogens is 436 g/mol. The molecule has 0 aliphatic rings. The third-order valence-electron chi connectivity index (χ3n) is 4.01. The van der Waals surface area contributed by atoms with E-state index in [-0.39, 0.29) is 33.5 Å². The summed E-state index contributed by atoms with van der Waals surface area (Å²) >= 11 is 6.10. The number of para-hydroxylation sites is 1. The number of ether oxygens (including phenoxy) is 3. The molecule has 30 heavy (non-hydrogen) atoms. The van der Waals surface area contributed by atoms with Crippen LogP contribution in [0.2, 0.25) is 5.02 Å². The van der Waals surface area contributed by atoms with E-state index in [1.54, 1.807) is 12.1 Å². The minimum Gasteiger partial charge on any atom is -0.493 e. The van der Waals surface area contributed by atoms with Crippen LogP contribution in [0.1, 0.15) is 10.4 Å². The molecule has 162 valence electrons. The van der Waals surface area contributed by atoms with Crippen molar-refractivity contribution >= 4 is 44.9 Å². The number of carbonyl (C=O) groups is 2. The molecule has 0 aliphatic heterocycles. The van der Waals surface area contributed by atoms with E-state index >= 15 is 0 Å². The first-order valence-electron chi connectivity index (χ1n) is 8.48. The number of halogens is 1. The number of amides is 1. The van der Waals surface area contributed by atoms with Crippen molar-refractivity contribution in [2.75, 3.05) is 43.8 Å². The number of sulfonamides is 1. The molecule has 0 unspecified atom stereocenters. The molecule has 11 heteroatoms. The molecule has 2 rings (SSSR count). The Kier molecular flexibility index (Phi) is 7.52. The van der Waals surface area contributed by atoms with Gasteiger partial charge in [0.1, 0.15) is 6.54 Å². The van der Waals surface area contributed by atoms with Gasteiger partial charge in [0.05, 0.1) is 49.5 Å². The van der Waals surface area contributed by atoms with Gasteiger partial charge in [-0.3, -0.25) is 9.10 Å². The fourth-order valence-corrected chi connectivity index (χ4v) is 3.77. The second-order valence-corrected chi connectivity index (χ2v) is 8.33. The van der Waals surface area contributed by atoms with Crippen molar-refractivity contribution in [3.63, 3.8) is 0 Å². The van der Waals surface area contributed by atoms with Crippen molar-refractivity contribution in [3.05, 3.63) is 47.0 Å². The molecular formula is C19H21ClN2O7S. The quantitative estimate of drug-likeness (QED) is 0.607. The second-order valence-electron chi connectivity index (χ2n) is 6.01. The van der Waals surface area contributed by atoms with Crippen LogP contribution in [0, 0.1) is 0 Å². The molecule has 0 fully saturated rings. The van der Waals surface area contributed by atoms with Crippen LogP contribution in [0.3, 0.4) is 0 Å². The largest absolute Gasteiger partial charge is 0.493 e. The Morgan fingerprint density at radius 3 is 2.20 bits per heavy atom. The Balaban J connectivity index is 2.40. The SMILES string of the molecule is COC(=O)c1cc(OC)c(OC)cc1NC(=O)CN(c1ccccc1Cl)S(C)(=O)=O. The Hall–Kier alpha value is -2.98. The van der Waals surface area contributed by atoms with Gasteiger partial charge in [0.25, 0.3) is 0 Å². The summed E-state index contributed by atoms with van der Waals surface area (Å²) in [5.74, 6) is -0.925. The molecule has 0 aromatic heterocycles. The minimum absolute atomic E-state index is 0.00662. The lowest BCUT2D eigenvalue weighted by atomic mass is 10.1. The predicted octanol–water partition coefficient (Wildman–Crippen LogP) is 2.55. The molecule has 0 radical (unpaired) electrons. The summed E-state index contributed by atoms with van der Waals surface area (Å²) in [6.07, 6.45) is 0.958. The highest BCUT2D eigenvalue weighted by atomic mass is 35.5. The zero-order valence-electron chi connectivity index (χ0n) is 16.8. The zero-order valence-corrected chi connectivity index (χ0v) is 18.3. The topological polar surface area (TPSA) is 111 Å². The van der Waals surface area contributed by atoms with E-state index < -0.39 is 28.4 Å². The summed E-state index contributed by atoms with van der Waals surface area (Å²) < 4.78 is 40.5. The molecule has 0 saturated heterocycles.